The normalized spacial score (nSPS) is 10.3. The molecule has 0 saturated heterocycles. The van der Waals surface area contributed by atoms with Crippen LogP contribution in [0.15, 0.2) is 36.4 Å². The lowest BCUT2D eigenvalue weighted by Gasteiger charge is -2.06. The molecule has 7 heteroatoms. The lowest BCUT2D eigenvalue weighted by molar-refractivity contribution is -0.385. The van der Waals surface area contributed by atoms with Crippen LogP contribution in [0.25, 0.3) is 0 Å². The van der Waals surface area contributed by atoms with Crippen LogP contribution in [0, 0.1) is 25.3 Å². The third kappa shape index (κ3) is 3.60. The Balaban J connectivity index is 2.35. The minimum absolute atomic E-state index is 0.0613. The molecule has 2 rings (SSSR count). The van der Waals surface area contributed by atoms with Crippen molar-refractivity contribution in [3.63, 3.8) is 0 Å². The van der Waals surface area contributed by atoms with E-state index in [0.29, 0.717) is 9.64 Å². The van der Waals surface area contributed by atoms with Gasteiger partial charge >= 0.3 is 0 Å². The molecule has 0 bridgehead atoms. The number of nitro benzene ring substituents is 1. The SMILES string of the molecule is O=[N+]([O-])c1cc(I)cc(Oc2cc(F)cc(F)c2)c1. The topological polar surface area (TPSA) is 52.4 Å². The maximum atomic E-state index is 13.0. The van der Waals surface area contributed by atoms with Gasteiger partial charge in [-0.05, 0) is 28.7 Å². The number of nitro groups is 1. The van der Waals surface area contributed by atoms with E-state index in [1.54, 1.807) is 0 Å². The number of ether oxygens (including phenoxy) is 1. The van der Waals surface area contributed by atoms with Crippen LogP contribution in [0.4, 0.5) is 14.5 Å². The van der Waals surface area contributed by atoms with E-state index in [2.05, 4.69) is 0 Å². The summed E-state index contributed by atoms with van der Waals surface area (Å²) < 4.78 is 31.8. The van der Waals surface area contributed by atoms with Crippen LogP contribution >= 0.6 is 22.6 Å². The van der Waals surface area contributed by atoms with Crippen LogP contribution in [-0.2, 0) is 0 Å². The van der Waals surface area contributed by atoms with Gasteiger partial charge in [0.05, 0.1) is 11.0 Å². The molecule has 0 aliphatic carbocycles. The molecule has 0 aliphatic rings. The van der Waals surface area contributed by atoms with Gasteiger partial charge in [-0.1, -0.05) is 0 Å². The first kappa shape index (κ1) is 13.7. The van der Waals surface area contributed by atoms with Crippen molar-refractivity contribution >= 4 is 28.3 Å². The highest BCUT2D eigenvalue weighted by Gasteiger charge is 2.11. The molecule has 19 heavy (non-hydrogen) atoms. The summed E-state index contributed by atoms with van der Waals surface area (Å²) in [6.45, 7) is 0. The smallest absolute Gasteiger partial charge is 0.274 e. The van der Waals surface area contributed by atoms with Gasteiger partial charge in [-0.3, -0.25) is 10.1 Å². The summed E-state index contributed by atoms with van der Waals surface area (Å²) in [6.07, 6.45) is 0. The second kappa shape index (κ2) is 5.47. The van der Waals surface area contributed by atoms with Crippen molar-refractivity contribution in [3.05, 3.63) is 61.7 Å². The number of non-ortho nitro benzene ring substituents is 1. The van der Waals surface area contributed by atoms with Gasteiger partial charge in [0, 0.05) is 27.8 Å². The van der Waals surface area contributed by atoms with Crippen molar-refractivity contribution < 1.29 is 18.4 Å². The molecular formula is C12H6F2INO3. The van der Waals surface area contributed by atoms with Gasteiger partial charge in [0.2, 0.25) is 0 Å². The monoisotopic (exact) mass is 377 g/mol. The molecule has 98 valence electrons. The van der Waals surface area contributed by atoms with Crippen LogP contribution in [0.5, 0.6) is 11.5 Å². The van der Waals surface area contributed by atoms with Gasteiger partial charge in [0.15, 0.2) is 0 Å². The fraction of sp³-hybridized carbons (Fsp3) is 0. The Hall–Kier alpha value is -1.77. The van der Waals surface area contributed by atoms with Crippen molar-refractivity contribution in [2.45, 2.75) is 0 Å². The van der Waals surface area contributed by atoms with Crippen LogP contribution < -0.4 is 4.74 Å². The van der Waals surface area contributed by atoms with E-state index >= 15 is 0 Å². The lowest BCUT2D eigenvalue weighted by Crippen LogP contribution is -1.92. The molecule has 0 heterocycles. The summed E-state index contributed by atoms with van der Waals surface area (Å²) in [4.78, 5) is 10.1. The van der Waals surface area contributed by atoms with Crippen molar-refractivity contribution in [1.29, 1.82) is 0 Å². The number of halogens is 3. The third-order valence-electron chi connectivity index (χ3n) is 2.14. The zero-order valence-corrected chi connectivity index (χ0v) is 11.4. The van der Waals surface area contributed by atoms with Crippen molar-refractivity contribution in [3.8, 4) is 11.5 Å². The number of nitrogens with zero attached hydrogens (tertiary/aromatic N) is 1. The summed E-state index contributed by atoms with van der Waals surface area (Å²) in [5.74, 6) is -1.48. The van der Waals surface area contributed by atoms with Gasteiger partial charge in [-0.15, -0.1) is 0 Å². The van der Waals surface area contributed by atoms with Gasteiger partial charge in [-0.2, -0.15) is 0 Å². The Morgan fingerprint density at radius 2 is 1.58 bits per heavy atom. The highest BCUT2D eigenvalue weighted by Crippen LogP contribution is 2.28. The Morgan fingerprint density at radius 1 is 1.00 bits per heavy atom. The van der Waals surface area contributed by atoms with Gasteiger partial charge in [-0.25, -0.2) is 8.78 Å². The predicted molar refractivity (Wildman–Crippen MR) is 72.2 cm³/mol. The molecule has 0 spiro atoms. The van der Waals surface area contributed by atoms with E-state index < -0.39 is 16.6 Å². The molecule has 0 fully saturated rings. The molecule has 0 unspecified atom stereocenters. The summed E-state index contributed by atoms with van der Waals surface area (Å²) in [5.41, 5.74) is -0.154. The summed E-state index contributed by atoms with van der Waals surface area (Å²) in [5, 5.41) is 10.7. The van der Waals surface area contributed by atoms with Crippen LogP contribution in [0.3, 0.4) is 0 Å². The molecule has 0 atom stereocenters. The average molecular weight is 377 g/mol. The van der Waals surface area contributed by atoms with Gasteiger partial charge in [0.1, 0.15) is 23.1 Å². The van der Waals surface area contributed by atoms with Crippen molar-refractivity contribution in [2.24, 2.45) is 0 Å². The minimum Gasteiger partial charge on any atom is -0.457 e. The van der Waals surface area contributed by atoms with Crippen molar-refractivity contribution in [2.75, 3.05) is 0 Å². The van der Waals surface area contributed by atoms with E-state index in [9.17, 15) is 18.9 Å². The Kier molecular flexibility index (Phi) is 3.93. The van der Waals surface area contributed by atoms with Crippen LogP contribution in [0.1, 0.15) is 0 Å². The quantitative estimate of drug-likeness (QED) is 0.456. The number of hydrogen-bond donors (Lipinski definition) is 0. The molecule has 0 aromatic heterocycles. The molecule has 0 radical (unpaired) electrons. The maximum Gasteiger partial charge on any atom is 0.274 e. The molecule has 0 saturated carbocycles. The first-order valence-corrected chi connectivity index (χ1v) is 6.11. The Bertz CT molecular complexity index is 629. The van der Waals surface area contributed by atoms with E-state index in [4.69, 9.17) is 4.74 Å². The highest BCUT2D eigenvalue weighted by atomic mass is 127. The second-order valence-electron chi connectivity index (χ2n) is 3.61. The number of rotatable bonds is 3. The number of hydrogen-bond acceptors (Lipinski definition) is 3. The van der Waals surface area contributed by atoms with E-state index in [1.807, 2.05) is 22.6 Å². The fourth-order valence-corrected chi connectivity index (χ4v) is 2.06. The molecule has 0 N–H and O–H groups in total. The summed E-state index contributed by atoms with van der Waals surface area (Å²) in [7, 11) is 0. The van der Waals surface area contributed by atoms with Crippen LogP contribution in [-0.4, -0.2) is 4.92 Å². The highest BCUT2D eigenvalue weighted by molar-refractivity contribution is 14.1. The predicted octanol–water partition coefficient (Wildman–Crippen LogP) is 4.27. The Labute approximate surface area is 120 Å². The molecule has 0 aliphatic heterocycles. The molecule has 0 amide bonds. The van der Waals surface area contributed by atoms with Gasteiger partial charge in [0.25, 0.3) is 5.69 Å². The maximum absolute atomic E-state index is 13.0. The lowest BCUT2D eigenvalue weighted by atomic mass is 10.3. The fourth-order valence-electron chi connectivity index (χ4n) is 1.44. The molecular weight excluding hydrogens is 371 g/mol. The standard InChI is InChI=1S/C12H6F2INO3/c13-7-1-8(14)3-11(2-7)19-12-5-9(15)4-10(6-12)16(17)18/h1-6H. The number of benzene rings is 2. The third-order valence-corrected chi connectivity index (χ3v) is 2.76. The zero-order valence-electron chi connectivity index (χ0n) is 9.27. The van der Waals surface area contributed by atoms with Crippen molar-refractivity contribution in [1.82, 2.24) is 0 Å². The average Bonchev–Trinajstić information content (AvgIpc) is 2.26. The van der Waals surface area contributed by atoms with E-state index in [0.717, 1.165) is 12.1 Å². The molecule has 2 aromatic rings. The summed E-state index contributed by atoms with van der Waals surface area (Å²) in [6, 6.07) is 6.77. The zero-order chi connectivity index (χ0) is 14.0. The molecule has 4 nitrogen and oxygen atoms in total. The Morgan fingerprint density at radius 3 is 2.16 bits per heavy atom. The minimum atomic E-state index is -0.782. The largest absolute Gasteiger partial charge is 0.457 e. The summed E-state index contributed by atoms with van der Waals surface area (Å²) >= 11 is 1.89. The molecule has 2 aromatic carbocycles. The van der Waals surface area contributed by atoms with E-state index in [-0.39, 0.29) is 17.2 Å². The second-order valence-corrected chi connectivity index (χ2v) is 4.86. The van der Waals surface area contributed by atoms with E-state index in [1.165, 1.54) is 18.2 Å². The first-order chi connectivity index (χ1) is 8.94. The first-order valence-electron chi connectivity index (χ1n) is 5.03. The van der Waals surface area contributed by atoms with Gasteiger partial charge < -0.3 is 4.74 Å². The van der Waals surface area contributed by atoms with Crippen LogP contribution in [0.2, 0.25) is 0 Å².